The second-order valence-corrected chi connectivity index (χ2v) is 13.6. The summed E-state index contributed by atoms with van der Waals surface area (Å²) in [4.78, 5) is 29.9. The van der Waals surface area contributed by atoms with Gasteiger partial charge >= 0.3 is 0 Å². The van der Waals surface area contributed by atoms with Crippen LogP contribution in [0.2, 0.25) is 0 Å². The molecular formula is C37H43N3O6S. The average Bonchev–Trinajstić information content (AvgIpc) is 3.07. The van der Waals surface area contributed by atoms with Crippen LogP contribution >= 0.6 is 0 Å². The van der Waals surface area contributed by atoms with E-state index in [1.54, 1.807) is 30.3 Å². The molecule has 10 heteroatoms. The van der Waals surface area contributed by atoms with Gasteiger partial charge in [0.2, 0.25) is 11.8 Å². The number of carbonyl (C=O) groups is 2. The summed E-state index contributed by atoms with van der Waals surface area (Å²) in [5.41, 5.74) is 3.00. The number of benzene rings is 4. The highest BCUT2D eigenvalue weighted by Crippen LogP contribution is 2.32. The van der Waals surface area contributed by atoms with E-state index in [0.717, 1.165) is 21.0 Å². The molecule has 0 bridgehead atoms. The Morgan fingerprint density at radius 2 is 1.43 bits per heavy atom. The van der Waals surface area contributed by atoms with Crippen molar-refractivity contribution in [2.75, 3.05) is 31.6 Å². The number of anilines is 1. The second kappa shape index (κ2) is 16.1. The summed E-state index contributed by atoms with van der Waals surface area (Å²) in [7, 11) is -1.41. The Labute approximate surface area is 278 Å². The van der Waals surface area contributed by atoms with Gasteiger partial charge < -0.3 is 19.7 Å². The number of rotatable bonds is 15. The van der Waals surface area contributed by atoms with Gasteiger partial charge in [0.1, 0.15) is 12.6 Å². The van der Waals surface area contributed by atoms with Gasteiger partial charge in [0.15, 0.2) is 11.5 Å². The fourth-order valence-corrected chi connectivity index (χ4v) is 6.64. The quantitative estimate of drug-likeness (QED) is 0.178. The molecule has 0 unspecified atom stereocenters. The Bertz CT molecular complexity index is 1750. The van der Waals surface area contributed by atoms with E-state index < -0.39 is 28.5 Å². The third kappa shape index (κ3) is 9.13. The summed E-state index contributed by atoms with van der Waals surface area (Å²) in [5, 5.41) is 3.01. The lowest BCUT2D eigenvalue weighted by molar-refractivity contribution is -0.140. The van der Waals surface area contributed by atoms with Crippen molar-refractivity contribution in [1.29, 1.82) is 0 Å². The van der Waals surface area contributed by atoms with Crippen LogP contribution in [0, 0.1) is 12.8 Å². The third-order valence-corrected chi connectivity index (χ3v) is 9.43. The summed E-state index contributed by atoms with van der Waals surface area (Å²) in [5.74, 6) is -0.0388. The maximum atomic E-state index is 14.6. The Hall–Kier alpha value is -4.83. The average molecular weight is 658 g/mol. The van der Waals surface area contributed by atoms with E-state index in [0.29, 0.717) is 18.0 Å². The Kier molecular flexibility index (Phi) is 12.0. The number of para-hydroxylation sites is 1. The Morgan fingerprint density at radius 1 is 0.787 bits per heavy atom. The van der Waals surface area contributed by atoms with Gasteiger partial charge in [-0.15, -0.1) is 0 Å². The fraction of sp³-hybridized carbons (Fsp3) is 0.297. The predicted molar refractivity (Wildman–Crippen MR) is 184 cm³/mol. The molecule has 0 aliphatic carbocycles. The van der Waals surface area contributed by atoms with E-state index >= 15 is 0 Å². The molecule has 0 heterocycles. The van der Waals surface area contributed by atoms with Gasteiger partial charge in [0.25, 0.3) is 10.0 Å². The molecule has 0 aliphatic heterocycles. The highest BCUT2D eigenvalue weighted by atomic mass is 32.2. The predicted octanol–water partition coefficient (Wildman–Crippen LogP) is 5.62. The van der Waals surface area contributed by atoms with Crippen LogP contribution in [0.5, 0.6) is 11.5 Å². The van der Waals surface area contributed by atoms with Crippen LogP contribution in [0.4, 0.5) is 5.69 Å². The zero-order chi connectivity index (χ0) is 34.0. The molecule has 47 heavy (non-hydrogen) atoms. The lowest BCUT2D eigenvalue weighted by Gasteiger charge is -2.34. The minimum atomic E-state index is -4.30. The Morgan fingerprint density at radius 3 is 2.04 bits per heavy atom. The lowest BCUT2D eigenvalue weighted by atomic mass is 10.0. The number of nitrogens with one attached hydrogen (secondary N) is 1. The first-order chi connectivity index (χ1) is 22.5. The highest BCUT2D eigenvalue weighted by Gasteiger charge is 2.35. The highest BCUT2D eigenvalue weighted by molar-refractivity contribution is 7.92. The number of amides is 2. The maximum Gasteiger partial charge on any atom is 0.264 e. The van der Waals surface area contributed by atoms with Crippen LogP contribution in [0.15, 0.2) is 108 Å². The molecule has 4 aromatic carbocycles. The molecule has 0 fully saturated rings. The van der Waals surface area contributed by atoms with Gasteiger partial charge in [-0.05, 0) is 48.2 Å². The summed E-state index contributed by atoms with van der Waals surface area (Å²) in [6, 6.07) is 29.0. The molecule has 4 aromatic rings. The summed E-state index contributed by atoms with van der Waals surface area (Å²) in [6.45, 7) is 5.94. The van der Waals surface area contributed by atoms with E-state index in [9.17, 15) is 18.0 Å². The molecular weight excluding hydrogens is 614 g/mol. The van der Waals surface area contributed by atoms with E-state index in [-0.39, 0.29) is 35.4 Å². The van der Waals surface area contributed by atoms with Crippen molar-refractivity contribution >= 4 is 27.5 Å². The van der Waals surface area contributed by atoms with Gasteiger partial charge in [-0.1, -0.05) is 92.2 Å². The number of hydrogen-bond acceptors (Lipinski definition) is 6. The van der Waals surface area contributed by atoms with Gasteiger partial charge in [0.05, 0.1) is 24.8 Å². The molecule has 0 radical (unpaired) electrons. The number of nitrogens with zero attached hydrogens (tertiary/aromatic N) is 2. The normalized spacial score (nSPS) is 11.9. The van der Waals surface area contributed by atoms with Crippen LogP contribution in [-0.2, 0) is 32.6 Å². The van der Waals surface area contributed by atoms with Crippen molar-refractivity contribution in [3.63, 3.8) is 0 Å². The monoisotopic (exact) mass is 657 g/mol. The SMILES string of the molecule is COc1ccc(S(=O)(=O)N(CC(=O)N(Cc2cccc(C)c2)[C@@H](Cc2ccccc2)C(=O)NCC(C)C)c2ccccc2)cc1OC. The molecule has 0 aliphatic rings. The number of carbonyl (C=O) groups excluding carboxylic acids is 2. The molecule has 248 valence electrons. The van der Waals surface area contributed by atoms with E-state index in [2.05, 4.69) is 5.32 Å². The molecule has 2 amide bonds. The van der Waals surface area contributed by atoms with E-state index in [1.165, 1.54) is 37.3 Å². The number of hydrogen-bond donors (Lipinski definition) is 1. The van der Waals surface area contributed by atoms with Crippen molar-refractivity contribution in [3.8, 4) is 11.5 Å². The molecule has 0 saturated carbocycles. The first-order valence-corrected chi connectivity index (χ1v) is 16.9. The van der Waals surface area contributed by atoms with E-state index in [1.807, 2.05) is 75.4 Å². The largest absolute Gasteiger partial charge is 0.493 e. The number of sulfonamides is 1. The van der Waals surface area contributed by atoms with Crippen molar-refractivity contribution in [2.24, 2.45) is 5.92 Å². The molecule has 4 rings (SSSR count). The molecule has 1 N–H and O–H groups in total. The van der Waals surface area contributed by atoms with Gasteiger partial charge in [0, 0.05) is 25.6 Å². The lowest BCUT2D eigenvalue weighted by Crippen LogP contribution is -2.53. The van der Waals surface area contributed by atoms with Crippen molar-refractivity contribution < 1.29 is 27.5 Å². The maximum absolute atomic E-state index is 14.6. The minimum absolute atomic E-state index is 0.0763. The third-order valence-electron chi connectivity index (χ3n) is 7.66. The zero-order valence-corrected chi connectivity index (χ0v) is 28.4. The molecule has 9 nitrogen and oxygen atoms in total. The zero-order valence-electron chi connectivity index (χ0n) is 27.6. The topological polar surface area (TPSA) is 105 Å². The van der Waals surface area contributed by atoms with E-state index in [4.69, 9.17) is 9.47 Å². The van der Waals surface area contributed by atoms with Crippen LogP contribution < -0.4 is 19.1 Å². The van der Waals surface area contributed by atoms with Gasteiger partial charge in [-0.2, -0.15) is 0 Å². The minimum Gasteiger partial charge on any atom is -0.493 e. The first kappa shape index (κ1) is 35.0. The van der Waals surface area contributed by atoms with Crippen molar-refractivity contribution in [2.45, 2.75) is 44.7 Å². The first-order valence-electron chi connectivity index (χ1n) is 15.5. The Balaban J connectivity index is 1.80. The summed E-state index contributed by atoms with van der Waals surface area (Å²) >= 11 is 0. The molecule has 1 atom stereocenters. The number of ether oxygens (including phenoxy) is 2. The van der Waals surface area contributed by atoms with Crippen molar-refractivity contribution in [3.05, 3.63) is 120 Å². The summed E-state index contributed by atoms with van der Waals surface area (Å²) < 4.78 is 40.4. The fourth-order valence-electron chi connectivity index (χ4n) is 5.21. The molecule has 0 aromatic heterocycles. The van der Waals surface area contributed by atoms with Gasteiger partial charge in [-0.25, -0.2) is 8.42 Å². The summed E-state index contributed by atoms with van der Waals surface area (Å²) in [6.07, 6.45) is 0.246. The van der Waals surface area contributed by atoms with Crippen LogP contribution in [-0.4, -0.2) is 58.5 Å². The molecule has 0 spiro atoms. The smallest absolute Gasteiger partial charge is 0.264 e. The van der Waals surface area contributed by atoms with Crippen molar-refractivity contribution in [1.82, 2.24) is 10.2 Å². The van der Waals surface area contributed by atoms with Crippen LogP contribution in [0.3, 0.4) is 0 Å². The second-order valence-electron chi connectivity index (χ2n) is 11.7. The van der Waals surface area contributed by atoms with Crippen LogP contribution in [0.25, 0.3) is 0 Å². The van der Waals surface area contributed by atoms with Crippen LogP contribution in [0.1, 0.15) is 30.5 Å². The number of aryl methyl sites for hydroxylation is 1. The van der Waals surface area contributed by atoms with Gasteiger partial charge in [-0.3, -0.25) is 13.9 Å². The standard InChI is InChI=1S/C37H43N3O6S/c1-27(2)24-38-37(42)33(22-29-14-8-6-9-15-29)39(25-30-16-12-13-28(3)21-30)36(41)26-40(31-17-10-7-11-18-31)47(43,44)32-19-20-34(45-4)35(23-32)46-5/h6-21,23,27,33H,22,24-26H2,1-5H3,(H,38,42)/t33-/m0/s1. The molecule has 0 saturated heterocycles. The number of methoxy groups -OCH3 is 2.